The summed E-state index contributed by atoms with van der Waals surface area (Å²) in [5.41, 5.74) is 5.24. The average Bonchev–Trinajstić information content (AvgIpc) is 3.22. The summed E-state index contributed by atoms with van der Waals surface area (Å²) in [6.45, 7) is 11.0. The number of oxime groups is 1. The van der Waals surface area contributed by atoms with E-state index in [1.54, 1.807) is 13.2 Å². The molecule has 0 bridgehead atoms. The quantitative estimate of drug-likeness (QED) is 0.0584. The summed E-state index contributed by atoms with van der Waals surface area (Å²) >= 11 is 0. The standard InChI is InChI=1S/C49H72N2O7/c1-7-9-10-11-12-13-14-15-16-23-46(54)51(5)45-34-43(50-55-6)41-32-37(21-17-19-28-52)40(22-18-20-29-53)47-42-33-39(57-38-25-24-35(3)36(4)31-38)26-27-44(42)58-49(45,48(41)47)56-30-8-2/h8,24-27,31-33,37,40,45,47-48,52-53H,2,7,9-23,28-30,34H2,1,3-6H3/t37-,40+,45-,47+,48+,49+/m0/s1. The summed E-state index contributed by atoms with van der Waals surface area (Å²) in [5.74, 6) is 0.924. The summed E-state index contributed by atoms with van der Waals surface area (Å²) in [7, 11) is 3.48. The number of amides is 1. The molecular weight excluding hydrogens is 729 g/mol. The predicted molar refractivity (Wildman–Crippen MR) is 233 cm³/mol. The number of carbonyl (C=O) groups excluding carboxylic acids is 1. The number of aliphatic hydroxyl groups excluding tert-OH is 2. The van der Waals surface area contributed by atoms with E-state index < -0.39 is 11.8 Å². The Morgan fingerprint density at radius 2 is 1.59 bits per heavy atom. The van der Waals surface area contributed by atoms with Crippen LogP contribution in [0.4, 0.5) is 0 Å². The highest BCUT2D eigenvalue weighted by Gasteiger charge is 2.65. The van der Waals surface area contributed by atoms with Gasteiger partial charge in [-0.2, -0.15) is 0 Å². The minimum Gasteiger partial charge on any atom is -0.459 e. The van der Waals surface area contributed by atoms with Crippen LogP contribution in [0.1, 0.15) is 139 Å². The van der Waals surface area contributed by atoms with Crippen LogP contribution in [0.3, 0.4) is 0 Å². The lowest BCUT2D eigenvalue weighted by atomic mass is 9.55. The predicted octanol–water partition coefficient (Wildman–Crippen LogP) is 10.7. The second-order valence-electron chi connectivity index (χ2n) is 16.9. The number of nitrogens with zero attached hydrogens (tertiary/aromatic N) is 2. The van der Waals surface area contributed by atoms with Crippen molar-refractivity contribution in [3.63, 3.8) is 0 Å². The summed E-state index contributed by atoms with van der Waals surface area (Å²) in [5, 5.41) is 24.4. The van der Waals surface area contributed by atoms with Crippen molar-refractivity contribution in [3.05, 3.63) is 77.4 Å². The highest BCUT2D eigenvalue weighted by molar-refractivity contribution is 6.03. The van der Waals surface area contributed by atoms with Gasteiger partial charge in [0, 0.05) is 44.6 Å². The molecule has 2 aromatic rings. The molecule has 9 heteroatoms. The third kappa shape index (κ3) is 10.9. The van der Waals surface area contributed by atoms with Crippen molar-refractivity contribution in [1.29, 1.82) is 0 Å². The van der Waals surface area contributed by atoms with Gasteiger partial charge in [0.2, 0.25) is 11.7 Å². The second-order valence-corrected chi connectivity index (χ2v) is 16.9. The van der Waals surface area contributed by atoms with Crippen molar-refractivity contribution in [3.8, 4) is 17.2 Å². The highest BCUT2D eigenvalue weighted by Crippen LogP contribution is 2.62. The van der Waals surface area contributed by atoms with Gasteiger partial charge in [0.1, 0.15) is 30.4 Å². The molecule has 0 aromatic heterocycles. The highest BCUT2D eigenvalue weighted by atomic mass is 16.7. The normalized spacial score (nSPS) is 24.0. The number of hydrogen-bond donors (Lipinski definition) is 2. The molecule has 0 saturated heterocycles. The molecule has 5 rings (SSSR count). The number of benzene rings is 2. The Morgan fingerprint density at radius 3 is 2.26 bits per heavy atom. The first kappa shape index (κ1) is 45.4. The number of aryl methyl sites for hydroxylation is 2. The smallest absolute Gasteiger partial charge is 0.239 e. The Hall–Kier alpha value is -3.66. The molecule has 1 aliphatic heterocycles. The molecule has 9 nitrogen and oxygen atoms in total. The number of unbranched alkanes of at least 4 members (excludes halogenated alkanes) is 10. The van der Waals surface area contributed by atoms with Crippen LogP contribution in [0, 0.1) is 31.6 Å². The van der Waals surface area contributed by atoms with E-state index >= 15 is 0 Å². The molecule has 1 saturated carbocycles. The Balaban J connectivity index is 1.57. The van der Waals surface area contributed by atoms with Gasteiger partial charge < -0.3 is 34.2 Å². The van der Waals surface area contributed by atoms with E-state index in [-0.39, 0.29) is 49.4 Å². The molecule has 1 heterocycles. The van der Waals surface area contributed by atoms with E-state index in [1.165, 1.54) is 44.1 Å². The van der Waals surface area contributed by atoms with Gasteiger partial charge in [-0.25, -0.2) is 0 Å². The molecule has 320 valence electrons. The number of fused-ring (bicyclic) bond motifs is 2. The van der Waals surface area contributed by atoms with E-state index in [1.807, 2.05) is 30.1 Å². The third-order valence-electron chi connectivity index (χ3n) is 12.9. The van der Waals surface area contributed by atoms with Crippen molar-refractivity contribution in [2.75, 3.05) is 34.0 Å². The second kappa shape index (κ2) is 22.6. The molecule has 2 aliphatic carbocycles. The summed E-state index contributed by atoms with van der Waals surface area (Å²) in [6, 6.07) is 11.7. The Kier molecular flexibility index (Phi) is 17.7. The summed E-state index contributed by atoms with van der Waals surface area (Å²) in [4.78, 5) is 21.7. The maximum Gasteiger partial charge on any atom is 0.239 e. The van der Waals surface area contributed by atoms with Crippen LogP contribution in [0.25, 0.3) is 0 Å². The zero-order valence-electron chi connectivity index (χ0n) is 36.2. The van der Waals surface area contributed by atoms with Crippen LogP contribution in [0.15, 0.2) is 65.9 Å². The van der Waals surface area contributed by atoms with Gasteiger partial charge in [0.05, 0.1) is 18.2 Å². The van der Waals surface area contributed by atoms with Crippen molar-refractivity contribution < 1.29 is 34.1 Å². The molecule has 1 amide bonds. The number of ether oxygens (including phenoxy) is 3. The van der Waals surface area contributed by atoms with E-state index in [2.05, 4.69) is 56.8 Å². The van der Waals surface area contributed by atoms with E-state index in [4.69, 9.17) is 19.0 Å². The molecule has 2 N–H and O–H groups in total. The third-order valence-corrected chi connectivity index (χ3v) is 12.9. The van der Waals surface area contributed by atoms with Gasteiger partial charge in [-0.1, -0.05) is 94.5 Å². The average molecular weight is 801 g/mol. The minimum atomic E-state index is -1.24. The molecule has 6 atom stereocenters. The first-order chi connectivity index (χ1) is 28.2. The number of likely N-dealkylation sites (N-methyl/N-ethyl adjacent to an activating group) is 1. The minimum absolute atomic E-state index is 0.0685. The van der Waals surface area contributed by atoms with Crippen LogP contribution < -0.4 is 9.47 Å². The zero-order valence-corrected chi connectivity index (χ0v) is 36.2. The Bertz CT molecular complexity index is 1690. The van der Waals surface area contributed by atoms with E-state index in [0.717, 1.165) is 91.0 Å². The van der Waals surface area contributed by atoms with Gasteiger partial charge in [-0.15, -0.1) is 6.58 Å². The number of hydrogen-bond acceptors (Lipinski definition) is 8. The van der Waals surface area contributed by atoms with Crippen LogP contribution in [0.5, 0.6) is 17.2 Å². The number of rotatable bonds is 25. The summed E-state index contributed by atoms with van der Waals surface area (Å²) < 4.78 is 20.8. The molecular formula is C49H72N2O7. The zero-order chi connectivity index (χ0) is 41.5. The monoisotopic (exact) mass is 801 g/mol. The fourth-order valence-electron chi connectivity index (χ4n) is 9.75. The van der Waals surface area contributed by atoms with Crippen molar-refractivity contribution >= 4 is 11.6 Å². The molecule has 0 spiro atoms. The van der Waals surface area contributed by atoms with Gasteiger partial charge in [0.15, 0.2) is 0 Å². The Labute approximate surface area is 348 Å². The largest absolute Gasteiger partial charge is 0.459 e. The molecule has 1 fully saturated rings. The first-order valence-electron chi connectivity index (χ1n) is 22.3. The topological polar surface area (TPSA) is 110 Å². The first-order valence-corrected chi connectivity index (χ1v) is 22.3. The maximum absolute atomic E-state index is 14.2. The lowest BCUT2D eigenvalue weighted by Gasteiger charge is -2.59. The van der Waals surface area contributed by atoms with Crippen LogP contribution in [-0.2, 0) is 14.4 Å². The number of aliphatic hydroxyl groups is 2. The van der Waals surface area contributed by atoms with Crippen molar-refractivity contribution in [1.82, 2.24) is 4.90 Å². The number of carbonyl (C=O) groups is 1. The van der Waals surface area contributed by atoms with Gasteiger partial charge >= 0.3 is 0 Å². The molecule has 0 unspecified atom stereocenters. The lowest BCUT2D eigenvalue weighted by Crippen LogP contribution is -2.69. The fraction of sp³-hybridized carbons (Fsp3) is 0.633. The van der Waals surface area contributed by atoms with E-state index in [0.29, 0.717) is 19.3 Å². The maximum atomic E-state index is 14.2. The Morgan fingerprint density at radius 1 is 0.914 bits per heavy atom. The molecule has 58 heavy (non-hydrogen) atoms. The van der Waals surface area contributed by atoms with Crippen LogP contribution in [0.2, 0.25) is 0 Å². The molecule has 3 aliphatic rings. The number of allylic oxidation sites excluding steroid dienone is 1. The van der Waals surface area contributed by atoms with E-state index in [9.17, 15) is 15.0 Å². The lowest BCUT2D eigenvalue weighted by molar-refractivity contribution is -0.255. The van der Waals surface area contributed by atoms with Crippen LogP contribution in [-0.4, -0.2) is 72.5 Å². The van der Waals surface area contributed by atoms with Crippen LogP contribution >= 0.6 is 0 Å². The SMILES string of the molecule is C=CCO[C@@]12Oc3ccc(Oc4ccc(C)c(C)c4)cc3[C@H]3[C@H](CCCCO)[C@@H](CCCCO)C=C(C(=NOC)C[C@@H]1N(C)C(=O)CCCCCCCCCCC)[C@H]32. The van der Waals surface area contributed by atoms with Gasteiger partial charge in [-0.3, -0.25) is 4.79 Å². The van der Waals surface area contributed by atoms with Gasteiger partial charge in [0.25, 0.3) is 0 Å². The van der Waals surface area contributed by atoms with Crippen molar-refractivity contribution in [2.45, 2.75) is 148 Å². The molecule has 0 radical (unpaired) electrons. The van der Waals surface area contributed by atoms with Gasteiger partial charge in [-0.05, 0) is 105 Å². The molecule has 2 aromatic carbocycles. The fourth-order valence-corrected chi connectivity index (χ4v) is 9.75. The van der Waals surface area contributed by atoms with Crippen molar-refractivity contribution in [2.24, 2.45) is 22.9 Å². The summed E-state index contributed by atoms with van der Waals surface area (Å²) in [6.07, 6.45) is 20.6.